The van der Waals surface area contributed by atoms with Gasteiger partial charge in [-0.25, -0.2) is 0 Å². The Morgan fingerprint density at radius 1 is 0.791 bits per heavy atom. The molecule has 0 spiro atoms. The van der Waals surface area contributed by atoms with Crippen LogP contribution in [0.15, 0.2) is 91.1 Å². The van der Waals surface area contributed by atoms with Crippen LogP contribution in [0.4, 0.5) is 5.69 Å². The van der Waals surface area contributed by atoms with Gasteiger partial charge in [-0.2, -0.15) is 0 Å². The smallest absolute Gasteiger partial charge is 0.269 e. The zero-order chi connectivity index (χ0) is 29.8. The van der Waals surface area contributed by atoms with Crippen LogP contribution in [0.1, 0.15) is 40.7 Å². The Morgan fingerprint density at radius 3 is 2.35 bits per heavy atom. The molecular weight excluding hydrogens is 536 g/mol. The Balaban J connectivity index is 0.000000160. The molecule has 2 aliphatic rings. The van der Waals surface area contributed by atoms with Crippen LogP contribution in [0.5, 0.6) is 11.5 Å². The molecule has 1 aliphatic carbocycles. The summed E-state index contributed by atoms with van der Waals surface area (Å²) in [5.41, 5.74) is 6.61. The first-order valence-corrected chi connectivity index (χ1v) is 14.9. The molecule has 0 saturated heterocycles. The fourth-order valence-corrected chi connectivity index (χ4v) is 6.32. The van der Waals surface area contributed by atoms with Gasteiger partial charge in [0.15, 0.2) is 11.5 Å². The zero-order valence-corrected chi connectivity index (χ0v) is 24.7. The number of ether oxygens (including phenoxy) is 2. The number of methoxy groups -OCH3 is 2. The van der Waals surface area contributed by atoms with Crippen molar-refractivity contribution in [1.82, 2.24) is 4.90 Å². The van der Waals surface area contributed by atoms with Gasteiger partial charge in [-0.1, -0.05) is 66.7 Å². The van der Waals surface area contributed by atoms with Crippen molar-refractivity contribution in [2.45, 2.75) is 38.6 Å². The first kappa shape index (κ1) is 28.3. The molecular formula is C37H36N2O4. The van der Waals surface area contributed by atoms with E-state index in [-0.39, 0.29) is 10.6 Å². The van der Waals surface area contributed by atoms with Crippen molar-refractivity contribution in [3.63, 3.8) is 0 Å². The number of hydrogen-bond donors (Lipinski definition) is 0. The Morgan fingerprint density at radius 2 is 1.56 bits per heavy atom. The molecule has 0 aromatic heterocycles. The van der Waals surface area contributed by atoms with Crippen LogP contribution < -0.4 is 9.47 Å². The molecule has 0 unspecified atom stereocenters. The third kappa shape index (κ3) is 5.91. The molecule has 0 N–H and O–H groups in total. The topological polar surface area (TPSA) is 64.8 Å². The molecule has 0 amide bonds. The molecule has 5 aromatic rings. The molecule has 0 saturated carbocycles. The van der Waals surface area contributed by atoms with E-state index >= 15 is 0 Å². The summed E-state index contributed by atoms with van der Waals surface area (Å²) < 4.78 is 10.8. The summed E-state index contributed by atoms with van der Waals surface area (Å²) in [6.45, 7) is 1.63. The first-order chi connectivity index (χ1) is 21.1. The molecule has 7 rings (SSSR count). The molecule has 0 radical (unpaired) electrons. The molecule has 43 heavy (non-hydrogen) atoms. The Labute approximate surface area is 252 Å². The van der Waals surface area contributed by atoms with Gasteiger partial charge in [0.2, 0.25) is 0 Å². The average molecular weight is 573 g/mol. The van der Waals surface area contributed by atoms with E-state index in [1.54, 1.807) is 37.5 Å². The average Bonchev–Trinajstić information content (AvgIpc) is 3.06. The minimum absolute atomic E-state index is 0.122. The van der Waals surface area contributed by atoms with Gasteiger partial charge in [0.25, 0.3) is 5.69 Å². The summed E-state index contributed by atoms with van der Waals surface area (Å²) in [6, 6.07) is 28.7. The van der Waals surface area contributed by atoms with E-state index in [0.717, 1.165) is 42.1 Å². The van der Waals surface area contributed by atoms with Crippen molar-refractivity contribution in [2.24, 2.45) is 0 Å². The highest BCUT2D eigenvalue weighted by molar-refractivity contribution is 6.08. The van der Waals surface area contributed by atoms with E-state index in [1.165, 1.54) is 52.8 Å². The van der Waals surface area contributed by atoms with Gasteiger partial charge in [-0.3, -0.25) is 10.1 Å². The molecule has 6 heteroatoms. The maximum atomic E-state index is 10.7. The monoisotopic (exact) mass is 572 g/mol. The first-order valence-electron chi connectivity index (χ1n) is 14.9. The van der Waals surface area contributed by atoms with Crippen LogP contribution in [0.25, 0.3) is 27.6 Å². The lowest BCUT2D eigenvalue weighted by Crippen LogP contribution is -2.22. The number of nitrogens with zero attached hydrogens (tertiary/aromatic N) is 2. The van der Waals surface area contributed by atoms with E-state index in [0.29, 0.717) is 0 Å². The molecule has 0 atom stereocenters. The molecule has 1 aliphatic heterocycles. The van der Waals surface area contributed by atoms with Gasteiger partial charge < -0.3 is 14.4 Å². The third-order valence-electron chi connectivity index (χ3n) is 8.59. The maximum Gasteiger partial charge on any atom is 0.269 e. The van der Waals surface area contributed by atoms with E-state index < -0.39 is 0 Å². The third-order valence-corrected chi connectivity index (χ3v) is 8.59. The van der Waals surface area contributed by atoms with E-state index in [2.05, 4.69) is 65.7 Å². The standard InChI is InChI=1S/C19H20N2O4.C18H16/c1-24-18-8-5-15-13-20(12-10-17(15)19(18)25-2)11-9-14-3-6-16(7-4-14)21(22)23;1-3-7-15-13(5-1)9-11-18-16-8-4-2-6-14(16)10-12-17(15)18/h3-8,10,12H,9,11,13H2,1-2H3;1,3,5,7,9-12H,2,4,6,8H2. The van der Waals surface area contributed by atoms with Crippen LogP contribution in [0, 0.1) is 10.1 Å². The van der Waals surface area contributed by atoms with Crippen LogP contribution in [0.3, 0.4) is 0 Å². The fourth-order valence-electron chi connectivity index (χ4n) is 6.32. The number of hydrogen-bond acceptors (Lipinski definition) is 5. The second-order valence-corrected chi connectivity index (χ2v) is 11.1. The number of nitro groups is 1. The minimum Gasteiger partial charge on any atom is -0.493 e. The Hall–Kier alpha value is -4.84. The summed E-state index contributed by atoms with van der Waals surface area (Å²) in [5.74, 6) is 1.48. The second-order valence-electron chi connectivity index (χ2n) is 11.1. The molecule has 1 heterocycles. The fraction of sp³-hybridized carbons (Fsp3) is 0.243. The van der Waals surface area contributed by atoms with Crippen LogP contribution >= 0.6 is 0 Å². The van der Waals surface area contributed by atoms with Crippen molar-refractivity contribution in [2.75, 3.05) is 20.8 Å². The van der Waals surface area contributed by atoms with Crippen molar-refractivity contribution in [1.29, 1.82) is 0 Å². The van der Waals surface area contributed by atoms with Gasteiger partial charge in [-0.05, 0) is 88.0 Å². The second kappa shape index (κ2) is 12.6. The van der Waals surface area contributed by atoms with Gasteiger partial charge in [0.05, 0.1) is 19.1 Å². The number of non-ortho nitro benzene ring substituents is 1. The summed E-state index contributed by atoms with van der Waals surface area (Å²) in [4.78, 5) is 12.5. The highest BCUT2D eigenvalue weighted by atomic mass is 16.6. The highest BCUT2D eigenvalue weighted by Gasteiger charge is 2.18. The quantitative estimate of drug-likeness (QED) is 0.116. The predicted molar refractivity (Wildman–Crippen MR) is 174 cm³/mol. The zero-order valence-electron chi connectivity index (χ0n) is 24.7. The number of nitro benzene ring substituents is 1. The summed E-state index contributed by atoms with van der Waals surface area (Å²) in [7, 11) is 3.28. The summed E-state index contributed by atoms with van der Waals surface area (Å²) >= 11 is 0. The van der Waals surface area contributed by atoms with E-state index in [1.807, 2.05) is 24.3 Å². The van der Waals surface area contributed by atoms with Crippen LogP contribution in [-0.4, -0.2) is 30.6 Å². The lowest BCUT2D eigenvalue weighted by Gasteiger charge is -2.27. The lowest BCUT2D eigenvalue weighted by molar-refractivity contribution is -0.384. The SMILES string of the molecule is COc1ccc2c(c1OC)C=CN(CCc1ccc([N+](=O)[O-])cc1)C2.c1ccc2c(c1)ccc1c3c(ccc12)CCCC3. The van der Waals surface area contributed by atoms with Gasteiger partial charge in [-0.15, -0.1) is 0 Å². The lowest BCUT2D eigenvalue weighted by atomic mass is 9.86. The van der Waals surface area contributed by atoms with Crippen LogP contribution in [0.2, 0.25) is 0 Å². The molecule has 0 fully saturated rings. The van der Waals surface area contributed by atoms with Gasteiger partial charge >= 0.3 is 0 Å². The van der Waals surface area contributed by atoms with E-state index in [4.69, 9.17) is 9.47 Å². The number of fused-ring (bicyclic) bond motifs is 6. The number of rotatable bonds is 6. The number of aryl methyl sites for hydroxylation is 2. The number of benzene rings is 5. The summed E-state index contributed by atoms with van der Waals surface area (Å²) in [5, 5.41) is 16.3. The van der Waals surface area contributed by atoms with Crippen molar-refractivity contribution < 1.29 is 14.4 Å². The van der Waals surface area contributed by atoms with Gasteiger partial charge in [0, 0.05) is 37.0 Å². The largest absolute Gasteiger partial charge is 0.493 e. The predicted octanol–water partition coefficient (Wildman–Crippen LogP) is 8.51. The normalized spacial score (nSPS) is 13.6. The Bertz CT molecular complexity index is 1810. The molecule has 5 aromatic carbocycles. The summed E-state index contributed by atoms with van der Waals surface area (Å²) in [6.07, 6.45) is 10.1. The van der Waals surface area contributed by atoms with E-state index in [9.17, 15) is 10.1 Å². The molecule has 6 nitrogen and oxygen atoms in total. The van der Waals surface area contributed by atoms with Crippen LogP contribution in [-0.2, 0) is 25.8 Å². The highest BCUT2D eigenvalue weighted by Crippen LogP contribution is 2.37. The maximum absolute atomic E-state index is 10.7. The molecule has 0 bridgehead atoms. The Kier molecular flexibility index (Phi) is 8.27. The van der Waals surface area contributed by atoms with Gasteiger partial charge in [0.1, 0.15) is 0 Å². The van der Waals surface area contributed by atoms with Crippen molar-refractivity contribution >= 4 is 33.3 Å². The van der Waals surface area contributed by atoms with Crippen molar-refractivity contribution in [3.8, 4) is 11.5 Å². The minimum atomic E-state index is -0.379. The van der Waals surface area contributed by atoms with Crippen molar-refractivity contribution in [3.05, 3.63) is 129 Å². The molecule has 218 valence electrons.